The Balaban J connectivity index is 1.62. The summed E-state index contributed by atoms with van der Waals surface area (Å²) in [4.78, 5) is 52.6. The minimum absolute atomic E-state index is 0.0963. The summed E-state index contributed by atoms with van der Waals surface area (Å²) in [7, 11) is 1.39. The maximum Gasteiger partial charge on any atom is 0.335 e. The topological polar surface area (TPSA) is 141 Å². The summed E-state index contributed by atoms with van der Waals surface area (Å²) in [6.07, 6.45) is 2.37. The smallest absolute Gasteiger partial charge is 0.335 e. The molecule has 0 spiro atoms. The molecule has 0 bridgehead atoms. The van der Waals surface area contributed by atoms with Gasteiger partial charge >= 0.3 is 6.03 Å². The van der Waals surface area contributed by atoms with E-state index < -0.39 is 22.8 Å². The zero-order valence-corrected chi connectivity index (χ0v) is 18.7. The molecular weight excluding hydrogens is 480 g/mol. The van der Waals surface area contributed by atoms with Gasteiger partial charge in [0.2, 0.25) is 5.88 Å². The molecule has 0 atom stereocenters. The fourth-order valence-electron chi connectivity index (χ4n) is 3.16. The summed E-state index contributed by atoms with van der Waals surface area (Å²) in [5.41, 5.74) is 0.196. The molecule has 0 saturated carbocycles. The Bertz CT molecular complexity index is 1370. The van der Waals surface area contributed by atoms with Crippen molar-refractivity contribution in [1.82, 2.24) is 10.3 Å². The van der Waals surface area contributed by atoms with Crippen LogP contribution in [0.2, 0.25) is 5.02 Å². The zero-order chi connectivity index (χ0) is 25.1. The molecule has 1 saturated heterocycles. The van der Waals surface area contributed by atoms with Crippen molar-refractivity contribution in [2.75, 3.05) is 12.0 Å². The Morgan fingerprint density at radius 3 is 2.43 bits per heavy atom. The van der Waals surface area contributed by atoms with E-state index >= 15 is 0 Å². The molecular formula is C23H15ClN4O7. The molecule has 2 aromatic carbocycles. The van der Waals surface area contributed by atoms with Crippen LogP contribution in [0, 0.1) is 10.1 Å². The van der Waals surface area contributed by atoms with E-state index in [-0.39, 0.29) is 34.3 Å². The van der Waals surface area contributed by atoms with Crippen molar-refractivity contribution in [3.8, 4) is 17.4 Å². The Morgan fingerprint density at radius 2 is 1.80 bits per heavy atom. The third-order valence-electron chi connectivity index (χ3n) is 4.83. The van der Waals surface area contributed by atoms with Crippen molar-refractivity contribution in [1.29, 1.82) is 0 Å². The van der Waals surface area contributed by atoms with Crippen LogP contribution in [0.5, 0.6) is 17.4 Å². The maximum atomic E-state index is 13.0. The van der Waals surface area contributed by atoms with Crippen molar-refractivity contribution in [2.24, 2.45) is 0 Å². The molecule has 1 aliphatic rings. The number of imide groups is 2. The molecule has 1 fully saturated rings. The zero-order valence-electron chi connectivity index (χ0n) is 17.9. The molecule has 0 aliphatic carbocycles. The van der Waals surface area contributed by atoms with E-state index in [1.54, 1.807) is 6.07 Å². The molecule has 1 aromatic heterocycles. The SMILES string of the molecule is COc1cc(/C=C2\C(=O)NC(=O)N(c3ccc(Cl)cc3)C2=O)ccc1Oc1ccc([N+](=O)[O-])cn1. The van der Waals surface area contributed by atoms with Gasteiger partial charge in [-0.1, -0.05) is 17.7 Å². The number of aromatic nitrogens is 1. The van der Waals surface area contributed by atoms with Crippen LogP contribution < -0.4 is 19.7 Å². The van der Waals surface area contributed by atoms with Gasteiger partial charge in [-0.15, -0.1) is 0 Å². The Labute approximate surface area is 202 Å². The standard InChI is InChI=1S/C23H15ClN4O7/c1-34-19-11-13(2-8-18(19)35-20-9-7-16(12-25-20)28(32)33)10-17-21(29)26-23(31)27(22(17)30)15-5-3-14(24)4-6-15/h2-12H,1H3,(H,26,29,31)/b17-10+. The van der Waals surface area contributed by atoms with Gasteiger partial charge in [0, 0.05) is 17.2 Å². The number of ether oxygens (including phenoxy) is 2. The highest BCUT2D eigenvalue weighted by Gasteiger charge is 2.36. The van der Waals surface area contributed by atoms with E-state index in [2.05, 4.69) is 10.3 Å². The van der Waals surface area contributed by atoms with E-state index in [0.717, 1.165) is 11.1 Å². The number of benzene rings is 2. The monoisotopic (exact) mass is 494 g/mol. The number of carbonyl (C=O) groups is 3. The minimum atomic E-state index is -0.878. The van der Waals surface area contributed by atoms with Crippen molar-refractivity contribution in [3.05, 3.63) is 87.1 Å². The Morgan fingerprint density at radius 1 is 1.06 bits per heavy atom. The summed E-state index contributed by atoms with van der Waals surface area (Å²) in [6, 6.07) is 12.3. The van der Waals surface area contributed by atoms with Gasteiger partial charge in [0.1, 0.15) is 11.8 Å². The number of pyridine rings is 1. The third-order valence-corrected chi connectivity index (χ3v) is 5.08. The van der Waals surface area contributed by atoms with E-state index in [1.165, 1.54) is 61.7 Å². The normalized spacial score (nSPS) is 14.6. The van der Waals surface area contributed by atoms with Crippen LogP contribution >= 0.6 is 11.6 Å². The lowest BCUT2D eigenvalue weighted by Gasteiger charge is -2.26. The second kappa shape index (κ2) is 9.61. The first-order valence-corrected chi connectivity index (χ1v) is 10.3. The van der Waals surface area contributed by atoms with E-state index in [1.807, 2.05) is 0 Å². The first-order valence-electron chi connectivity index (χ1n) is 9.90. The van der Waals surface area contributed by atoms with Crippen LogP contribution in [0.1, 0.15) is 5.56 Å². The van der Waals surface area contributed by atoms with E-state index in [4.69, 9.17) is 21.1 Å². The molecule has 0 radical (unpaired) electrons. The Kier molecular flexibility index (Phi) is 6.42. The van der Waals surface area contributed by atoms with Crippen LogP contribution in [0.4, 0.5) is 16.2 Å². The fraction of sp³-hybridized carbons (Fsp3) is 0.0435. The largest absolute Gasteiger partial charge is 0.493 e. The van der Waals surface area contributed by atoms with Gasteiger partial charge in [-0.2, -0.15) is 0 Å². The van der Waals surface area contributed by atoms with Gasteiger partial charge in [0.15, 0.2) is 11.5 Å². The number of halogens is 1. The first kappa shape index (κ1) is 23.4. The fourth-order valence-corrected chi connectivity index (χ4v) is 3.29. The quantitative estimate of drug-likeness (QED) is 0.233. The molecule has 4 amide bonds. The van der Waals surface area contributed by atoms with Crippen molar-refractivity contribution in [2.45, 2.75) is 0 Å². The van der Waals surface area contributed by atoms with Crippen LogP contribution in [0.25, 0.3) is 6.08 Å². The van der Waals surface area contributed by atoms with Crippen molar-refractivity contribution < 1.29 is 28.8 Å². The van der Waals surface area contributed by atoms with Crippen LogP contribution in [-0.2, 0) is 9.59 Å². The number of nitro groups is 1. The van der Waals surface area contributed by atoms with Crippen LogP contribution in [0.15, 0.2) is 66.4 Å². The average Bonchev–Trinajstić information content (AvgIpc) is 2.84. The average molecular weight is 495 g/mol. The predicted octanol–water partition coefficient (Wildman–Crippen LogP) is 4.11. The highest BCUT2D eigenvalue weighted by atomic mass is 35.5. The number of hydrogen-bond donors (Lipinski definition) is 1. The Hall–Kier alpha value is -4.77. The van der Waals surface area contributed by atoms with Gasteiger partial charge in [-0.05, 0) is 48.0 Å². The lowest BCUT2D eigenvalue weighted by molar-refractivity contribution is -0.385. The summed E-state index contributed by atoms with van der Waals surface area (Å²) < 4.78 is 11.0. The van der Waals surface area contributed by atoms with Gasteiger partial charge in [-0.25, -0.2) is 14.7 Å². The number of nitrogens with zero attached hydrogens (tertiary/aromatic N) is 3. The molecule has 0 unspecified atom stereocenters. The number of nitrogens with one attached hydrogen (secondary N) is 1. The highest BCUT2D eigenvalue weighted by molar-refractivity contribution is 6.39. The number of amides is 4. The number of anilines is 1. The molecule has 35 heavy (non-hydrogen) atoms. The first-order chi connectivity index (χ1) is 16.8. The summed E-state index contributed by atoms with van der Waals surface area (Å²) in [6.45, 7) is 0. The number of methoxy groups -OCH3 is 1. The predicted molar refractivity (Wildman–Crippen MR) is 124 cm³/mol. The highest BCUT2D eigenvalue weighted by Crippen LogP contribution is 2.33. The number of carbonyl (C=O) groups excluding carboxylic acids is 3. The summed E-state index contributed by atoms with van der Waals surface area (Å²) in [5.74, 6) is -1.07. The minimum Gasteiger partial charge on any atom is -0.493 e. The van der Waals surface area contributed by atoms with Crippen molar-refractivity contribution >= 4 is 46.9 Å². The van der Waals surface area contributed by atoms with Gasteiger partial charge in [0.05, 0.1) is 17.7 Å². The lowest BCUT2D eigenvalue weighted by atomic mass is 10.1. The van der Waals surface area contributed by atoms with E-state index in [9.17, 15) is 24.5 Å². The van der Waals surface area contributed by atoms with Gasteiger partial charge in [-0.3, -0.25) is 25.0 Å². The second-order valence-electron chi connectivity index (χ2n) is 7.06. The maximum absolute atomic E-state index is 13.0. The number of urea groups is 1. The summed E-state index contributed by atoms with van der Waals surface area (Å²) >= 11 is 5.87. The summed E-state index contributed by atoms with van der Waals surface area (Å²) in [5, 5.41) is 13.3. The molecule has 3 aromatic rings. The van der Waals surface area contributed by atoms with Gasteiger partial charge in [0.25, 0.3) is 17.5 Å². The molecule has 2 heterocycles. The third kappa shape index (κ3) is 4.94. The molecule has 4 rings (SSSR count). The number of hydrogen-bond acceptors (Lipinski definition) is 8. The molecule has 1 N–H and O–H groups in total. The number of barbiturate groups is 1. The second-order valence-corrected chi connectivity index (χ2v) is 7.49. The molecule has 11 nitrogen and oxygen atoms in total. The molecule has 1 aliphatic heterocycles. The van der Waals surface area contributed by atoms with Crippen molar-refractivity contribution in [3.63, 3.8) is 0 Å². The molecule has 12 heteroatoms. The van der Waals surface area contributed by atoms with Gasteiger partial charge < -0.3 is 9.47 Å². The van der Waals surface area contributed by atoms with Crippen LogP contribution in [-0.4, -0.2) is 34.9 Å². The number of rotatable bonds is 6. The lowest BCUT2D eigenvalue weighted by Crippen LogP contribution is -2.54. The molecule has 176 valence electrons. The van der Waals surface area contributed by atoms with E-state index in [0.29, 0.717) is 10.6 Å². The van der Waals surface area contributed by atoms with Crippen LogP contribution in [0.3, 0.4) is 0 Å².